The molecule has 164 valence electrons. The van der Waals surface area contributed by atoms with Gasteiger partial charge in [0.1, 0.15) is 17.4 Å². The fraction of sp³-hybridized carbons (Fsp3) is 0.167. The first-order valence-corrected chi connectivity index (χ1v) is 12.0. The Morgan fingerprint density at radius 1 is 0.875 bits per heavy atom. The van der Waals surface area contributed by atoms with Crippen LogP contribution in [0.2, 0.25) is 5.02 Å². The Hall–Kier alpha value is -3.00. The molecule has 1 atom stereocenters. The number of rotatable bonds is 5. The zero-order chi connectivity index (χ0) is 22.1. The molecule has 0 fully saturated rings. The second kappa shape index (κ2) is 8.50. The van der Waals surface area contributed by atoms with Crippen LogP contribution >= 0.6 is 11.6 Å². The fourth-order valence-corrected chi connectivity index (χ4v) is 5.11. The molecule has 0 saturated carbocycles. The quantitative estimate of drug-likeness (QED) is 0.428. The van der Waals surface area contributed by atoms with E-state index >= 15 is 0 Å². The van der Waals surface area contributed by atoms with Crippen molar-refractivity contribution in [2.24, 2.45) is 0 Å². The molecular weight excluding hydrogens is 450 g/mol. The third kappa shape index (κ3) is 4.07. The van der Waals surface area contributed by atoms with Gasteiger partial charge in [0, 0.05) is 22.9 Å². The Morgan fingerprint density at radius 2 is 1.62 bits per heavy atom. The molecule has 8 heteroatoms. The highest BCUT2D eigenvalue weighted by Crippen LogP contribution is 2.35. The van der Waals surface area contributed by atoms with Crippen LogP contribution in [0.5, 0.6) is 11.5 Å². The molecule has 0 amide bonds. The molecule has 0 spiro atoms. The van der Waals surface area contributed by atoms with Gasteiger partial charge in [0.25, 0.3) is 0 Å². The summed E-state index contributed by atoms with van der Waals surface area (Å²) in [4.78, 5) is 0.0647. The Bertz CT molecular complexity index is 1350. The summed E-state index contributed by atoms with van der Waals surface area (Å²) in [5.74, 6) is 1.38. The van der Waals surface area contributed by atoms with Gasteiger partial charge in [-0.2, -0.15) is 4.72 Å². The van der Waals surface area contributed by atoms with Gasteiger partial charge >= 0.3 is 0 Å². The number of furan rings is 1. The van der Waals surface area contributed by atoms with E-state index in [1.807, 2.05) is 30.3 Å². The van der Waals surface area contributed by atoms with E-state index in [0.717, 1.165) is 11.8 Å². The van der Waals surface area contributed by atoms with E-state index in [0.29, 0.717) is 46.6 Å². The van der Waals surface area contributed by atoms with E-state index in [1.165, 1.54) is 12.1 Å². The number of benzene rings is 3. The van der Waals surface area contributed by atoms with Gasteiger partial charge in [0.15, 0.2) is 11.5 Å². The van der Waals surface area contributed by atoms with Crippen molar-refractivity contribution in [1.82, 2.24) is 4.72 Å². The van der Waals surface area contributed by atoms with Crippen molar-refractivity contribution in [2.45, 2.75) is 17.4 Å². The second-order valence-electron chi connectivity index (χ2n) is 7.42. The summed E-state index contributed by atoms with van der Waals surface area (Å²) in [5, 5.41) is 1.30. The topological polar surface area (TPSA) is 77.8 Å². The number of hydrogen-bond acceptors (Lipinski definition) is 5. The summed E-state index contributed by atoms with van der Waals surface area (Å²) in [6.07, 6.45) is 0.732. The molecular formula is C24H20ClNO5S. The lowest BCUT2D eigenvalue weighted by molar-refractivity contribution is 0.297. The Labute approximate surface area is 190 Å². The summed E-state index contributed by atoms with van der Waals surface area (Å²) in [5.41, 5.74) is 1.25. The number of fused-ring (bicyclic) bond motifs is 2. The minimum absolute atomic E-state index is 0.0647. The van der Waals surface area contributed by atoms with E-state index in [1.54, 1.807) is 30.3 Å². The van der Waals surface area contributed by atoms with E-state index in [-0.39, 0.29) is 4.90 Å². The van der Waals surface area contributed by atoms with Crippen LogP contribution < -0.4 is 14.2 Å². The van der Waals surface area contributed by atoms with E-state index < -0.39 is 16.1 Å². The maximum atomic E-state index is 13.4. The smallest absolute Gasteiger partial charge is 0.241 e. The van der Waals surface area contributed by atoms with Gasteiger partial charge in [-0.15, -0.1) is 0 Å². The van der Waals surface area contributed by atoms with Gasteiger partial charge < -0.3 is 13.9 Å². The summed E-state index contributed by atoms with van der Waals surface area (Å²) in [6, 6.07) is 20.2. The lowest BCUT2D eigenvalue weighted by Crippen LogP contribution is -2.29. The predicted octanol–water partition coefficient (Wildman–Crippen LogP) is 5.32. The molecule has 1 aromatic heterocycles. The number of nitrogens with one attached hydrogen (secondary N) is 1. The molecule has 0 aliphatic carbocycles. The molecule has 4 aromatic rings. The Morgan fingerprint density at radius 3 is 2.44 bits per heavy atom. The van der Waals surface area contributed by atoms with Crippen LogP contribution in [-0.4, -0.2) is 21.6 Å². The average Bonchev–Trinajstić information content (AvgIpc) is 3.08. The fourth-order valence-electron chi connectivity index (χ4n) is 3.66. The van der Waals surface area contributed by atoms with Crippen LogP contribution in [0.25, 0.3) is 11.0 Å². The minimum atomic E-state index is -3.96. The molecule has 5 rings (SSSR count). The molecule has 1 aliphatic rings. The third-order valence-electron chi connectivity index (χ3n) is 5.25. The molecule has 6 nitrogen and oxygen atoms in total. The molecule has 0 saturated heterocycles. The molecule has 1 N–H and O–H groups in total. The minimum Gasteiger partial charge on any atom is -0.490 e. The summed E-state index contributed by atoms with van der Waals surface area (Å²) >= 11 is 6.44. The highest BCUT2D eigenvalue weighted by Gasteiger charge is 2.28. The molecule has 32 heavy (non-hydrogen) atoms. The van der Waals surface area contributed by atoms with E-state index in [2.05, 4.69) is 4.72 Å². The summed E-state index contributed by atoms with van der Waals surface area (Å²) in [7, 11) is -3.96. The lowest BCUT2D eigenvalue weighted by atomic mass is 10.1. The van der Waals surface area contributed by atoms with Gasteiger partial charge in [-0.3, -0.25) is 0 Å². The highest BCUT2D eigenvalue weighted by molar-refractivity contribution is 7.89. The number of para-hydroxylation sites is 1. The van der Waals surface area contributed by atoms with Gasteiger partial charge in [-0.1, -0.05) is 48.0 Å². The van der Waals surface area contributed by atoms with Crippen LogP contribution in [0.15, 0.2) is 82.1 Å². The van der Waals surface area contributed by atoms with Crippen LogP contribution in [0.4, 0.5) is 0 Å². The van der Waals surface area contributed by atoms with Gasteiger partial charge in [0.2, 0.25) is 10.0 Å². The molecule has 1 unspecified atom stereocenters. The molecule has 2 heterocycles. The van der Waals surface area contributed by atoms with Gasteiger partial charge in [0.05, 0.1) is 18.1 Å². The second-order valence-corrected chi connectivity index (χ2v) is 9.54. The lowest BCUT2D eigenvalue weighted by Gasteiger charge is -2.19. The van der Waals surface area contributed by atoms with Crippen molar-refractivity contribution in [3.05, 3.63) is 89.1 Å². The van der Waals surface area contributed by atoms with Crippen LogP contribution in [-0.2, 0) is 10.0 Å². The van der Waals surface area contributed by atoms with E-state index in [9.17, 15) is 8.42 Å². The van der Waals surface area contributed by atoms with Crippen molar-refractivity contribution in [2.75, 3.05) is 13.2 Å². The first kappa shape index (κ1) is 20.9. The number of hydrogen-bond donors (Lipinski definition) is 1. The van der Waals surface area contributed by atoms with Crippen LogP contribution in [0.1, 0.15) is 23.8 Å². The Balaban J connectivity index is 1.56. The predicted molar refractivity (Wildman–Crippen MR) is 122 cm³/mol. The Kier molecular flexibility index (Phi) is 5.55. The zero-order valence-electron chi connectivity index (χ0n) is 17.0. The zero-order valence-corrected chi connectivity index (χ0v) is 18.5. The number of halogens is 1. The van der Waals surface area contributed by atoms with Gasteiger partial charge in [-0.25, -0.2) is 8.42 Å². The third-order valence-corrected chi connectivity index (χ3v) is 7.01. The molecule has 0 radical (unpaired) electrons. The largest absolute Gasteiger partial charge is 0.490 e. The molecule has 1 aliphatic heterocycles. The maximum absolute atomic E-state index is 13.4. The van der Waals surface area contributed by atoms with Crippen molar-refractivity contribution in [3.8, 4) is 11.5 Å². The number of ether oxygens (including phenoxy) is 2. The van der Waals surface area contributed by atoms with Gasteiger partial charge in [-0.05, 0) is 35.9 Å². The van der Waals surface area contributed by atoms with Crippen LogP contribution in [0, 0.1) is 0 Å². The monoisotopic (exact) mass is 469 g/mol. The summed E-state index contributed by atoms with van der Waals surface area (Å²) in [6.45, 7) is 0.989. The van der Waals surface area contributed by atoms with Crippen molar-refractivity contribution in [1.29, 1.82) is 0 Å². The first-order valence-electron chi connectivity index (χ1n) is 10.2. The maximum Gasteiger partial charge on any atom is 0.241 e. The SMILES string of the molecule is O=S(=O)(NC(c1cc2ccccc2o1)c1ccccc1Cl)c1ccc2c(c1)OCCCO2. The van der Waals surface area contributed by atoms with E-state index in [4.69, 9.17) is 25.5 Å². The van der Waals surface area contributed by atoms with Crippen molar-refractivity contribution in [3.63, 3.8) is 0 Å². The average molecular weight is 470 g/mol. The van der Waals surface area contributed by atoms with Crippen molar-refractivity contribution >= 4 is 32.6 Å². The first-order chi connectivity index (χ1) is 15.5. The summed E-state index contributed by atoms with van der Waals surface area (Å²) < 4.78 is 46.8. The highest BCUT2D eigenvalue weighted by atomic mass is 35.5. The molecule has 0 bridgehead atoms. The number of sulfonamides is 1. The normalized spacial score (nSPS) is 14.8. The standard InChI is InChI=1S/C24H20ClNO5S/c25-19-8-3-2-7-18(19)24(23-14-16-6-1-4-9-20(16)31-23)26-32(27,28)17-10-11-21-22(15-17)30-13-5-12-29-21/h1-4,6-11,14-15,24,26H,5,12-13H2. The van der Waals surface area contributed by atoms with Crippen LogP contribution in [0.3, 0.4) is 0 Å². The molecule has 3 aromatic carbocycles. The van der Waals surface area contributed by atoms with Crippen molar-refractivity contribution < 1.29 is 22.3 Å².